The average molecular weight is 342 g/mol. The van der Waals surface area contributed by atoms with E-state index >= 15 is 0 Å². The first-order valence-electron chi connectivity index (χ1n) is 5.47. The highest BCUT2D eigenvalue weighted by Gasteiger charge is 2.17. The van der Waals surface area contributed by atoms with Gasteiger partial charge in [0.2, 0.25) is 0 Å². The van der Waals surface area contributed by atoms with Crippen LogP contribution in [0.1, 0.15) is 27.1 Å². The minimum atomic E-state index is -0.300. The summed E-state index contributed by atoms with van der Waals surface area (Å²) in [6.07, 6.45) is 2.81. The van der Waals surface area contributed by atoms with Crippen molar-refractivity contribution >= 4 is 39.1 Å². The summed E-state index contributed by atoms with van der Waals surface area (Å²) >= 11 is 9.24. The van der Waals surface area contributed by atoms with E-state index in [1.807, 2.05) is 0 Å². The van der Waals surface area contributed by atoms with E-state index in [0.29, 0.717) is 16.1 Å². The number of halogens is 2. The number of hydrogen-bond acceptors (Lipinski definition) is 3. The van der Waals surface area contributed by atoms with Crippen LogP contribution in [0.3, 0.4) is 0 Å². The van der Waals surface area contributed by atoms with Crippen LogP contribution in [-0.2, 0) is 7.05 Å². The van der Waals surface area contributed by atoms with E-state index in [2.05, 4.69) is 21.0 Å². The van der Waals surface area contributed by atoms with Crippen molar-refractivity contribution in [1.82, 2.24) is 9.78 Å². The van der Waals surface area contributed by atoms with Gasteiger partial charge in [0.25, 0.3) is 0 Å². The van der Waals surface area contributed by atoms with E-state index in [4.69, 9.17) is 11.6 Å². The van der Waals surface area contributed by atoms with Crippen molar-refractivity contribution in [3.63, 3.8) is 0 Å². The van der Waals surface area contributed by atoms with Crippen LogP contribution in [0, 0.1) is 0 Å². The van der Waals surface area contributed by atoms with Crippen LogP contribution in [0.25, 0.3) is 0 Å². The lowest BCUT2D eigenvalue weighted by Crippen LogP contribution is -2.08. The highest BCUT2D eigenvalue weighted by Crippen LogP contribution is 2.23. The number of aromatic nitrogens is 2. The first kappa shape index (κ1) is 14.0. The first-order valence-corrected chi connectivity index (χ1v) is 6.64. The second kappa shape index (κ2) is 5.67. The minimum absolute atomic E-state index is 0.215. The number of hydrogen-bond donors (Lipinski definition) is 0. The van der Waals surface area contributed by atoms with Gasteiger partial charge in [0.15, 0.2) is 11.6 Å². The fourth-order valence-corrected chi connectivity index (χ4v) is 2.40. The summed E-state index contributed by atoms with van der Waals surface area (Å²) < 4.78 is 2.30. The van der Waals surface area contributed by atoms with Crippen LogP contribution in [0.15, 0.2) is 35.1 Å². The van der Waals surface area contributed by atoms with Gasteiger partial charge in [-0.2, -0.15) is 5.10 Å². The molecule has 0 radical (unpaired) electrons. The van der Waals surface area contributed by atoms with E-state index in [-0.39, 0.29) is 18.0 Å². The zero-order chi connectivity index (χ0) is 14.0. The molecule has 0 amide bonds. The van der Waals surface area contributed by atoms with Crippen molar-refractivity contribution in [3.05, 3.63) is 51.2 Å². The Balaban J connectivity index is 2.15. The molecule has 1 aromatic heterocycles. The molecule has 0 saturated heterocycles. The van der Waals surface area contributed by atoms with Crippen LogP contribution in [0.5, 0.6) is 0 Å². The zero-order valence-corrected chi connectivity index (χ0v) is 12.4. The Kier molecular flexibility index (Phi) is 4.17. The Bertz CT molecular complexity index is 652. The molecule has 19 heavy (non-hydrogen) atoms. The lowest BCUT2D eigenvalue weighted by Gasteiger charge is -2.03. The number of benzene rings is 1. The van der Waals surface area contributed by atoms with Gasteiger partial charge in [0.05, 0.1) is 23.2 Å². The van der Waals surface area contributed by atoms with Crippen molar-refractivity contribution in [2.45, 2.75) is 6.42 Å². The maximum absolute atomic E-state index is 12.0. The molecule has 0 bridgehead atoms. The molecule has 0 spiro atoms. The number of rotatable bonds is 4. The summed E-state index contributed by atoms with van der Waals surface area (Å²) in [5, 5.41) is 4.23. The number of carbonyl (C=O) groups is 2. The summed E-state index contributed by atoms with van der Waals surface area (Å²) in [6, 6.07) is 4.95. The zero-order valence-electron chi connectivity index (χ0n) is 10.1. The molecule has 0 saturated carbocycles. The fraction of sp³-hybridized carbons (Fsp3) is 0.154. The summed E-state index contributed by atoms with van der Waals surface area (Å²) in [5.74, 6) is -0.566. The standard InChI is InChI=1S/C13H10BrClN2O2/c1-17-7-8(6-16-17)12(18)5-13(19)10-3-2-9(14)4-11(10)15/h2-4,6-7H,5H2,1H3. The minimum Gasteiger partial charge on any atom is -0.294 e. The van der Waals surface area contributed by atoms with Crippen LogP contribution in [-0.4, -0.2) is 21.3 Å². The Morgan fingerprint density at radius 3 is 2.68 bits per heavy atom. The van der Waals surface area contributed by atoms with Gasteiger partial charge >= 0.3 is 0 Å². The molecule has 0 aliphatic rings. The molecule has 0 aliphatic heterocycles. The third-order valence-electron chi connectivity index (χ3n) is 2.58. The van der Waals surface area contributed by atoms with Crippen molar-refractivity contribution in [2.24, 2.45) is 7.05 Å². The SMILES string of the molecule is Cn1cc(C(=O)CC(=O)c2ccc(Br)cc2Cl)cn1. The molecule has 0 atom stereocenters. The van der Waals surface area contributed by atoms with Crippen LogP contribution in [0.4, 0.5) is 0 Å². The van der Waals surface area contributed by atoms with E-state index in [9.17, 15) is 9.59 Å². The Labute approximate surface area is 123 Å². The molecular weight excluding hydrogens is 332 g/mol. The van der Waals surface area contributed by atoms with Gasteiger partial charge in [-0.3, -0.25) is 14.3 Å². The summed E-state index contributed by atoms with van der Waals surface area (Å²) in [6.45, 7) is 0. The number of Topliss-reactive ketones (excluding diaryl/α,β-unsaturated/α-hetero) is 2. The molecule has 0 aliphatic carbocycles. The molecule has 0 fully saturated rings. The largest absolute Gasteiger partial charge is 0.294 e. The smallest absolute Gasteiger partial charge is 0.173 e. The Morgan fingerprint density at radius 2 is 2.11 bits per heavy atom. The molecular formula is C13H10BrClN2O2. The normalized spacial score (nSPS) is 10.5. The number of nitrogens with zero attached hydrogens (tertiary/aromatic N) is 2. The second-order valence-electron chi connectivity index (χ2n) is 4.05. The van der Waals surface area contributed by atoms with Gasteiger partial charge in [-0.15, -0.1) is 0 Å². The molecule has 1 aromatic carbocycles. The molecule has 2 aromatic rings. The Hall–Kier alpha value is -1.46. The molecule has 4 nitrogen and oxygen atoms in total. The quantitative estimate of drug-likeness (QED) is 0.633. The molecule has 1 heterocycles. The van der Waals surface area contributed by atoms with E-state index < -0.39 is 0 Å². The summed E-state index contributed by atoms with van der Waals surface area (Å²) in [4.78, 5) is 23.9. The van der Waals surface area contributed by atoms with E-state index in [1.165, 1.54) is 10.9 Å². The predicted molar refractivity (Wildman–Crippen MR) is 75.6 cm³/mol. The maximum Gasteiger partial charge on any atom is 0.173 e. The van der Waals surface area contributed by atoms with Gasteiger partial charge in [0.1, 0.15) is 0 Å². The molecule has 0 N–H and O–H groups in total. The van der Waals surface area contributed by atoms with Gasteiger partial charge in [0, 0.05) is 23.3 Å². The van der Waals surface area contributed by atoms with Gasteiger partial charge < -0.3 is 0 Å². The Morgan fingerprint density at radius 1 is 1.37 bits per heavy atom. The van der Waals surface area contributed by atoms with Crippen molar-refractivity contribution in [3.8, 4) is 0 Å². The maximum atomic E-state index is 12.0. The van der Waals surface area contributed by atoms with E-state index in [0.717, 1.165) is 4.47 Å². The number of aryl methyl sites for hydroxylation is 1. The highest BCUT2D eigenvalue weighted by atomic mass is 79.9. The lowest BCUT2D eigenvalue weighted by atomic mass is 10.0. The van der Waals surface area contributed by atoms with Crippen molar-refractivity contribution in [1.29, 1.82) is 0 Å². The van der Waals surface area contributed by atoms with Crippen molar-refractivity contribution in [2.75, 3.05) is 0 Å². The first-order chi connectivity index (χ1) is 8.97. The molecule has 6 heteroatoms. The fourth-order valence-electron chi connectivity index (χ4n) is 1.62. The molecule has 2 rings (SSSR count). The summed E-state index contributed by atoms with van der Waals surface area (Å²) in [7, 11) is 1.71. The van der Waals surface area contributed by atoms with Crippen LogP contribution >= 0.6 is 27.5 Å². The lowest BCUT2D eigenvalue weighted by molar-refractivity contribution is 0.0894. The van der Waals surface area contributed by atoms with Crippen LogP contribution in [0.2, 0.25) is 5.02 Å². The van der Waals surface area contributed by atoms with Crippen molar-refractivity contribution < 1.29 is 9.59 Å². The molecule has 0 unspecified atom stereocenters. The third kappa shape index (κ3) is 3.30. The molecule has 98 valence electrons. The average Bonchev–Trinajstić information content (AvgIpc) is 2.75. The highest BCUT2D eigenvalue weighted by molar-refractivity contribution is 9.10. The van der Waals surface area contributed by atoms with Gasteiger partial charge in [-0.05, 0) is 18.2 Å². The monoisotopic (exact) mass is 340 g/mol. The second-order valence-corrected chi connectivity index (χ2v) is 5.37. The topological polar surface area (TPSA) is 52.0 Å². The number of ketones is 2. The van der Waals surface area contributed by atoms with Gasteiger partial charge in [-0.1, -0.05) is 27.5 Å². The third-order valence-corrected chi connectivity index (χ3v) is 3.39. The van der Waals surface area contributed by atoms with E-state index in [1.54, 1.807) is 31.4 Å². The van der Waals surface area contributed by atoms with Crippen LogP contribution < -0.4 is 0 Å². The summed E-state index contributed by atoms with van der Waals surface area (Å²) in [5.41, 5.74) is 0.770. The predicted octanol–water partition coefficient (Wildman–Crippen LogP) is 3.29. The van der Waals surface area contributed by atoms with Gasteiger partial charge in [-0.25, -0.2) is 0 Å². The number of carbonyl (C=O) groups excluding carboxylic acids is 2.